The van der Waals surface area contributed by atoms with Crippen LogP contribution in [0.4, 0.5) is 11.4 Å². The fourth-order valence-corrected chi connectivity index (χ4v) is 2.04. The predicted octanol–water partition coefficient (Wildman–Crippen LogP) is 3.89. The summed E-state index contributed by atoms with van der Waals surface area (Å²) in [5.74, 6) is 0.414. The van der Waals surface area contributed by atoms with Gasteiger partial charge in [-0.05, 0) is 49.2 Å². The Morgan fingerprint density at radius 1 is 1.27 bits per heavy atom. The Bertz CT molecular complexity index is 656. The van der Waals surface area contributed by atoms with Crippen LogP contribution in [0, 0.1) is 0 Å². The predicted molar refractivity (Wildman–Crippen MR) is 90.4 cm³/mol. The summed E-state index contributed by atoms with van der Waals surface area (Å²) in [7, 11) is 0. The monoisotopic (exact) mass is 318 g/mol. The molecule has 0 spiro atoms. The fraction of sp³-hybridized carbons (Fsp3) is 0.235. The topological polar surface area (TPSA) is 64.3 Å². The third-order valence-corrected chi connectivity index (χ3v) is 3.62. The van der Waals surface area contributed by atoms with E-state index in [1.54, 1.807) is 25.1 Å². The lowest BCUT2D eigenvalue weighted by Crippen LogP contribution is -2.30. The third kappa shape index (κ3) is 4.15. The van der Waals surface area contributed by atoms with Crippen LogP contribution in [0.3, 0.4) is 0 Å². The van der Waals surface area contributed by atoms with E-state index in [-0.39, 0.29) is 5.91 Å². The van der Waals surface area contributed by atoms with Crippen LogP contribution >= 0.6 is 11.6 Å². The van der Waals surface area contributed by atoms with Gasteiger partial charge in [0.15, 0.2) is 6.10 Å². The fourth-order valence-electron chi connectivity index (χ4n) is 1.93. The zero-order valence-electron chi connectivity index (χ0n) is 12.6. The molecule has 1 atom stereocenters. The van der Waals surface area contributed by atoms with Crippen LogP contribution in [0.1, 0.15) is 19.4 Å². The first-order chi connectivity index (χ1) is 10.5. The molecule has 0 aliphatic carbocycles. The molecular weight excluding hydrogens is 300 g/mol. The molecule has 2 rings (SSSR count). The van der Waals surface area contributed by atoms with E-state index >= 15 is 0 Å². The first-order valence-electron chi connectivity index (χ1n) is 7.11. The van der Waals surface area contributed by atoms with Crippen LogP contribution in [-0.2, 0) is 11.2 Å². The molecule has 0 aliphatic rings. The minimum absolute atomic E-state index is 0.249. The van der Waals surface area contributed by atoms with Gasteiger partial charge in [0.2, 0.25) is 0 Å². The van der Waals surface area contributed by atoms with Gasteiger partial charge in [-0.3, -0.25) is 4.79 Å². The minimum Gasteiger partial charge on any atom is -0.481 e. The molecule has 2 aromatic carbocycles. The zero-order valence-corrected chi connectivity index (χ0v) is 13.4. The van der Waals surface area contributed by atoms with Crippen molar-refractivity contribution in [2.24, 2.45) is 0 Å². The molecule has 4 nitrogen and oxygen atoms in total. The van der Waals surface area contributed by atoms with Crippen molar-refractivity contribution in [3.63, 3.8) is 0 Å². The number of carbonyl (C=O) groups excluding carboxylic acids is 1. The summed E-state index contributed by atoms with van der Waals surface area (Å²) in [6, 6.07) is 12.6. The highest BCUT2D eigenvalue weighted by Gasteiger charge is 2.15. The summed E-state index contributed by atoms with van der Waals surface area (Å²) in [6.07, 6.45) is 0.346. The van der Waals surface area contributed by atoms with Crippen LogP contribution in [0.2, 0.25) is 5.02 Å². The molecule has 0 aliphatic heterocycles. The average molecular weight is 319 g/mol. The second-order valence-electron chi connectivity index (χ2n) is 4.98. The Kier molecular flexibility index (Phi) is 5.28. The quantitative estimate of drug-likeness (QED) is 0.822. The van der Waals surface area contributed by atoms with Gasteiger partial charge in [0.1, 0.15) is 5.75 Å². The van der Waals surface area contributed by atoms with Crippen molar-refractivity contribution >= 4 is 28.9 Å². The highest BCUT2D eigenvalue weighted by molar-refractivity contribution is 6.33. The molecule has 0 heterocycles. The molecule has 22 heavy (non-hydrogen) atoms. The first-order valence-corrected chi connectivity index (χ1v) is 7.49. The molecule has 0 fully saturated rings. The van der Waals surface area contributed by atoms with Gasteiger partial charge in [0.25, 0.3) is 5.91 Å². The maximum Gasteiger partial charge on any atom is 0.265 e. The maximum absolute atomic E-state index is 12.1. The molecule has 116 valence electrons. The molecule has 2 aromatic rings. The van der Waals surface area contributed by atoms with Crippen molar-refractivity contribution in [3.8, 4) is 5.75 Å². The molecule has 0 radical (unpaired) electrons. The van der Waals surface area contributed by atoms with E-state index in [0.717, 1.165) is 6.42 Å². The van der Waals surface area contributed by atoms with Crippen LogP contribution in [0.25, 0.3) is 0 Å². The smallest absolute Gasteiger partial charge is 0.265 e. The van der Waals surface area contributed by atoms with E-state index in [4.69, 9.17) is 22.1 Å². The molecule has 3 N–H and O–H groups in total. The Labute approximate surface area is 135 Å². The highest BCUT2D eigenvalue weighted by atomic mass is 35.5. The van der Waals surface area contributed by atoms with E-state index in [9.17, 15) is 4.79 Å². The molecule has 0 saturated carbocycles. The molecule has 0 aromatic heterocycles. The number of nitrogens with two attached hydrogens (primary N) is 1. The number of halogens is 1. The van der Waals surface area contributed by atoms with Crippen molar-refractivity contribution in [3.05, 3.63) is 53.1 Å². The number of benzene rings is 2. The number of hydrogen-bond donors (Lipinski definition) is 2. The number of hydrogen-bond acceptors (Lipinski definition) is 3. The lowest BCUT2D eigenvalue weighted by atomic mass is 10.2. The molecule has 0 bridgehead atoms. The summed E-state index contributed by atoms with van der Waals surface area (Å²) < 4.78 is 5.63. The standard InChI is InChI=1S/C17H19ClN2O2/c1-3-12-4-7-14(8-5-12)22-11(2)17(21)20-13-6-9-15(18)16(19)10-13/h4-11H,3,19H2,1-2H3,(H,20,21). The number of ether oxygens (including phenoxy) is 1. The Morgan fingerprint density at radius 3 is 2.55 bits per heavy atom. The van der Waals surface area contributed by atoms with E-state index in [2.05, 4.69) is 12.2 Å². The second-order valence-corrected chi connectivity index (χ2v) is 5.39. The van der Waals surface area contributed by atoms with Gasteiger partial charge in [-0.25, -0.2) is 0 Å². The zero-order chi connectivity index (χ0) is 16.1. The Balaban J connectivity index is 1.97. The van der Waals surface area contributed by atoms with E-state index in [1.165, 1.54) is 5.56 Å². The number of amides is 1. The van der Waals surface area contributed by atoms with E-state index in [0.29, 0.717) is 22.1 Å². The number of nitrogen functional groups attached to an aromatic ring is 1. The van der Waals surface area contributed by atoms with Crippen molar-refractivity contribution in [1.29, 1.82) is 0 Å². The minimum atomic E-state index is -0.621. The van der Waals surface area contributed by atoms with Gasteiger partial charge in [0.05, 0.1) is 10.7 Å². The third-order valence-electron chi connectivity index (χ3n) is 3.28. The van der Waals surface area contributed by atoms with Crippen LogP contribution < -0.4 is 15.8 Å². The second kappa shape index (κ2) is 7.18. The lowest BCUT2D eigenvalue weighted by Gasteiger charge is -2.15. The van der Waals surface area contributed by atoms with Gasteiger partial charge in [-0.1, -0.05) is 30.7 Å². The Hall–Kier alpha value is -2.20. The largest absolute Gasteiger partial charge is 0.481 e. The van der Waals surface area contributed by atoms with Crippen LogP contribution in [0.5, 0.6) is 5.75 Å². The van der Waals surface area contributed by atoms with Gasteiger partial charge >= 0.3 is 0 Å². The SMILES string of the molecule is CCc1ccc(OC(C)C(=O)Nc2ccc(Cl)c(N)c2)cc1. The van der Waals surface area contributed by atoms with Gasteiger partial charge < -0.3 is 15.8 Å². The first kappa shape index (κ1) is 16.2. The number of carbonyl (C=O) groups is 1. The number of nitrogens with one attached hydrogen (secondary N) is 1. The lowest BCUT2D eigenvalue weighted by molar-refractivity contribution is -0.122. The number of aryl methyl sites for hydroxylation is 1. The van der Waals surface area contributed by atoms with Crippen molar-refractivity contribution in [1.82, 2.24) is 0 Å². The molecule has 5 heteroatoms. The molecule has 1 unspecified atom stereocenters. The Morgan fingerprint density at radius 2 is 1.95 bits per heavy atom. The summed E-state index contributed by atoms with van der Waals surface area (Å²) >= 11 is 5.85. The molecule has 0 saturated heterocycles. The average Bonchev–Trinajstić information content (AvgIpc) is 2.51. The van der Waals surface area contributed by atoms with Crippen LogP contribution in [-0.4, -0.2) is 12.0 Å². The highest BCUT2D eigenvalue weighted by Crippen LogP contribution is 2.22. The summed E-state index contributed by atoms with van der Waals surface area (Å²) in [4.78, 5) is 12.1. The van der Waals surface area contributed by atoms with E-state index in [1.807, 2.05) is 24.3 Å². The number of anilines is 2. The summed E-state index contributed by atoms with van der Waals surface area (Å²) in [6.45, 7) is 3.78. The van der Waals surface area contributed by atoms with Gasteiger partial charge in [-0.15, -0.1) is 0 Å². The molecular formula is C17H19ClN2O2. The van der Waals surface area contributed by atoms with Crippen LogP contribution in [0.15, 0.2) is 42.5 Å². The van der Waals surface area contributed by atoms with Gasteiger partial charge in [-0.2, -0.15) is 0 Å². The number of rotatable bonds is 5. The normalized spacial score (nSPS) is 11.8. The van der Waals surface area contributed by atoms with Gasteiger partial charge in [0, 0.05) is 5.69 Å². The van der Waals surface area contributed by atoms with Crippen molar-refractivity contribution < 1.29 is 9.53 Å². The van der Waals surface area contributed by atoms with Crippen molar-refractivity contribution in [2.45, 2.75) is 26.4 Å². The summed E-state index contributed by atoms with van der Waals surface area (Å²) in [5.41, 5.74) is 7.94. The van der Waals surface area contributed by atoms with E-state index < -0.39 is 6.10 Å². The summed E-state index contributed by atoms with van der Waals surface area (Å²) in [5, 5.41) is 3.21. The molecule has 1 amide bonds. The maximum atomic E-state index is 12.1. The van der Waals surface area contributed by atoms with Crippen molar-refractivity contribution in [2.75, 3.05) is 11.1 Å².